The number of aryl methyl sites for hydroxylation is 1. The first-order chi connectivity index (χ1) is 24.3. The molecule has 1 saturated heterocycles. The largest absolute Gasteiger partial charge is 0.492 e. The standard InChI is InChI=1S/C39H42BrCl3FN3O4.ClH/c1-38(2,39(41,42)43)51-37(49)47-30-22-31(27-12-10-26(11-13-27)9-6-20-50-34-21-28(44)14-17-32(34)40)35(33(47)24-45-23-30)36(48)46(29-15-16-29)19-18-25-7-4-3-5-8-25;/h3-5,7-8,10-14,17,21,29-30,33,45H,6,9,15-16,18-20,22-24H2,1-2H3;1H. The van der Waals surface area contributed by atoms with E-state index in [9.17, 15) is 14.0 Å². The second-order valence-electron chi connectivity index (χ2n) is 13.9. The van der Waals surface area contributed by atoms with Gasteiger partial charge in [0.25, 0.3) is 5.91 Å². The zero-order chi connectivity index (χ0) is 36.3. The third-order valence-corrected chi connectivity index (χ3v) is 11.8. The lowest BCUT2D eigenvalue weighted by Gasteiger charge is -2.48. The van der Waals surface area contributed by atoms with Crippen molar-refractivity contribution in [1.82, 2.24) is 15.1 Å². The number of rotatable bonds is 12. The van der Waals surface area contributed by atoms with Crippen LogP contribution in [0.5, 0.6) is 5.75 Å². The molecule has 6 rings (SSSR count). The van der Waals surface area contributed by atoms with Gasteiger partial charge in [-0.25, -0.2) is 9.18 Å². The number of nitrogens with zero attached hydrogens (tertiary/aromatic N) is 2. The first kappa shape index (κ1) is 40.7. The van der Waals surface area contributed by atoms with Crippen LogP contribution in [0.3, 0.4) is 0 Å². The summed E-state index contributed by atoms with van der Waals surface area (Å²) in [7, 11) is 0. The molecule has 2 fully saturated rings. The van der Waals surface area contributed by atoms with Gasteiger partial charge in [0, 0.05) is 37.3 Å². The minimum atomic E-state index is -1.85. The molecule has 0 spiro atoms. The lowest BCUT2D eigenvalue weighted by molar-refractivity contribution is -0.128. The molecule has 2 atom stereocenters. The van der Waals surface area contributed by atoms with Crippen molar-refractivity contribution in [3.63, 3.8) is 0 Å². The van der Waals surface area contributed by atoms with E-state index in [0.29, 0.717) is 48.5 Å². The summed E-state index contributed by atoms with van der Waals surface area (Å²) in [6.45, 7) is 5.06. The monoisotopic (exact) mass is 855 g/mol. The minimum absolute atomic E-state index is 0. The summed E-state index contributed by atoms with van der Waals surface area (Å²) in [5.41, 5.74) is 3.37. The molecule has 3 aliphatic rings. The fourth-order valence-corrected chi connectivity index (χ4v) is 7.23. The molecule has 2 aliphatic heterocycles. The van der Waals surface area contributed by atoms with E-state index in [0.717, 1.165) is 54.4 Å². The van der Waals surface area contributed by atoms with Crippen molar-refractivity contribution in [1.29, 1.82) is 0 Å². The van der Waals surface area contributed by atoms with Crippen molar-refractivity contribution in [2.75, 3.05) is 26.2 Å². The van der Waals surface area contributed by atoms with Gasteiger partial charge in [0.2, 0.25) is 3.79 Å². The van der Waals surface area contributed by atoms with Crippen molar-refractivity contribution in [3.05, 3.63) is 105 Å². The third kappa shape index (κ3) is 9.57. The molecule has 2 unspecified atom stereocenters. The molecule has 2 bridgehead atoms. The highest BCUT2D eigenvalue weighted by Crippen LogP contribution is 2.43. The summed E-state index contributed by atoms with van der Waals surface area (Å²) < 4.78 is 24.2. The van der Waals surface area contributed by atoms with Crippen molar-refractivity contribution in [3.8, 4) is 5.75 Å². The van der Waals surface area contributed by atoms with E-state index in [1.165, 1.54) is 12.1 Å². The van der Waals surface area contributed by atoms with Gasteiger partial charge in [0.05, 0.1) is 23.2 Å². The van der Waals surface area contributed by atoms with Crippen molar-refractivity contribution in [2.24, 2.45) is 0 Å². The number of carbonyl (C=O) groups is 2. The third-order valence-electron chi connectivity index (χ3n) is 9.81. The number of hydrogen-bond acceptors (Lipinski definition) is 5. The molecular formula is C39H43BrCl4FN3O4. The van der Waals surface area contributed by atoms with Crippen LogP contribution in [0.4, 0.5) is 9.18 Å². The Morgan fingerprint density at radius 3 is 2.35 bits per heavy atom. The fourth-order valence-electron chi connectivity index (χ4n) is 6.75. The number of ether oxygens (including phenoxy) is 2. The number of halogens is 6. The van der Waals surface area contributed by atoms with Gasteiger partial charge in [-0.15, -0.1) is 12.4 Å². The number of benzene rings is 3. The average Bonchev–Trinajstić information content (AvgIpc) is 3.93. The van der Waals surface area contributed by atoms with Crippen molar-refractivity contribution in [2.45, 2.75) is 79.9 Å². The van der Waals surface area contributed by atoms with E-state index in [4.69, 9.17) is 44.3 Å². The first-order valence-corrected chi connectivity index (χ1v) is 19.3. The highest BCUT2D eigenvalue weighted by Gasteiger charge is 2.50. The predicted octanol–water partition coefficient (Wildman–Crippen LogP) is 9.34. The Hall–Kier alpha value is -2.53. The molecule has 280 valence electrons. The maximum absolute atomic E-state index is 14.9. The van der Waals surface area contributed by atoms with E-state index < -0.39 is 21.5 Å². The Morgan fingerprint density at radius 1 is 0.981 bits per heavy atom. The number of nitrogens with one attached hydrogen (secondary N) is 1. The number of amides is 2. The number of carbonyl (C=O) groups excluding carboxylic acids is 2. The molecule has 1 saturated carbocycles. The van der Waals surface area contributed by atoms with Crippen LogP contribution in [0, 0.1) is 5.82 Å². The summed E-state index contributed by atoms with van der Waals surface area (Å²) in [5.74, 6) is 0.0741. The maximum atomic E-state index is 14.9. The molecule has 52 heavy (non-hydrogen) atoms. The Balaban J connectivity index is 0.00000523. The second kappa shape index (κ2) is 17.3. The van der Waals surface area contributed by atoms with Crippen molar-refractivity contribution >= 4 is 80.7 Å². The van der Waals surface area contributed by atoms with E-state index >= 15 is 0 Å². The molecule has 3 aromatic rings. The SMILES string of the molecule is CC(C)(OC(=O)N1C2CNCC1C(C(=O)N(CCc1ccccc1)C1CC1)=C(c1ccc(CCCOc3cc(F)ccc3Br)cc1)C2)C(Cl)(Cl)Cl.Cl. The maximum Gasteiger partial charge on any atom is 0.411 e. The molecule has 13 heteroatoms. The minimum Gasteiger partial charge on any atom is -0.492 e. The quantitative estimate of drug-likeness (QED) is 0.145. The number of hydrogen-bond donors (Lipinski definition) is 1. The zero-order valence-corrected chi connectivity index (χ0v) is 33.7. The molecule has 2 amide bonds. The molecular weight excluding hydrogens is 815 g/mol. The predicted molar refractivity (Wildman–Crippen MR) is 211 cm³/mol. The van der Waals surface area contributed by atoms with Gasteiger partial charge in [-0.1, -0.05) is 89.4 Å². The molecule has 0 aromatic heterocycles. The van der Waals surface area contributed by atoms with Crippen LogP contribution in [0.15, 0.2) is 82.8 Å². The highest BCUT2D eigenvalue weighted by atomic mass is 79.9. The van der Waals surface area contributed by atoms with Gasteiger partial charge in [0.15, 0.2) is 5.60 Å². The van der Waals surface area contributed by atoms with Gasteiger partial charge in [-0.3, -0.25) is 9.69 Å². The van der Waals surface area contributed by atoms with Crippen LogP contribution < -0.4 is 10.1 Å². The number of piperazine rings is 1. The lowest BCUT2D eigenvalue weighted by atomic mass is 9.81. The van der Waals surface area contributed by atoms with E-state index in [2.05, 4.69) is 57.6 Å². The van der Waals surface area contributed by atoms with Gasteiger partial charge < -0.3 is 19.7 Å². The van der Waals surface area contributed by atoms with Crippen molar-refractivity contribution < 1.29 is 23.5 Å². The smallest absolute Gasteiger partial charge is 0.411 e. The molecule has 1 N–H and O–H groups in total. The Kier molecular flexibility index (Phi) is 13.5. The topological polar surface area (TPSA) is 71.1 Å². The average molecular weight is 859 g/mol. The van der Waals surface area contributed by atoms with Crippen LogP contribution in [0.2, 0.25) is 0 Å². The zero-order valence-electron chi connectivity index (χ0n) is 29.1. The molecule has 1 aliphatic carbocycles. The van der Waals surface area contributed by atoms with E-state index in [1.54, 1.807) is 24.8 Å². The summed E-state index contributed by atoms with van der Waals surface area (Å²) in [6.07, 6.45) is 3.98. The first-order valence-electron chi connectivity index (χ1n) is 17.4. The van der Waals surface area contributed by atoms with Gasteiger partial charge in [0.1, 0.15) is 11.6 Å². The van der Waals surface area contributed by atoms with Crippen LogP contribution in [0.1, 0.15) is 56.2 Å². The highest BCUT2D eigenvalue weighted by molar-refractivity contribution is 9.10. The second-order valence-corrected chi connectivity index (χ2v) is 17.0. The normalized spacial score (nSPS) is 18.8. The fraction of sp³-hybridized carbons (Fsp3) is 0.436. The van der Waals surface area contributed by atoms with E-state index in [1.807, 2.05) is 23.1 Å². The summed E-state index contributed by atoms with van der Waals surface area (Å²) in [5, 5.41) is 3.45. The number of alkyl halides is 3. The molecule has 7 nitrogen and oxygen atoms in total. The van der Waals surface area contributed by atoms with Crippen LogP contribution in [-0.2, 0) is 22.4 Å². The van der Waals surface area contributed by atoms with Gasteiger partial charge in [-0.05, 0) is 103 Å². The van der Waals surface area contributed by atoms with Gasteiger partial charge in [-0.2, -0.15) is 0 Å². The molecule has 3 aromatic carbocycles. The summed E-state index contributed by atoms with van der Waals surface area (Å²) >= 11 is 22.0. The Labute approximate surface area is 334 Å². The summed E-state index contributed by atoms with van der Waals surface area (Å²) in [4.78, 5) is 32.5. The van der Waals surface area contributed by atoms with Gasteiger partial charge >= 0.3 is 6.09 Å². The molecule has 0 radical (unpaired) electrons. The molecule has 2 heterocycles. The Bertz CT molecular complexity index is 1750. The van der Waals surface area contributed by atoms with Crippen LogP contribution in [0.25, 0.3) is 5.57 Å². The lowest BCUT2D eigenvalue weighted by Crippen LogP contribution is -2.64. The Morgan fingerprint density at radius 2 is 1.67 bits per heavy atom. The van der Waals surface area contributed by atoms with Crippen LogP contribution >= 0.6 is 63.1 Å². The number of fused-ring (bicyclic) bond motifs is 2. The summed E-state index contributed by atoms with van der Waals surface area (Å²) in [6, 6.07) is 22.2. The van der Waals surface area contributed by atoms with Crippen LogP contribution in [-0.4, -0.2) is 75.6 Å². The van der Waals surface area contributed by atoms with E-state index in [-0.39, 0.29) is 36.2 Å².